The first-order chi connectivity index (χ1) is 6.54. The van der Waals surface area contributed by atoms with Crippen molar-refractivity contribution in [3.05, 3.63) is 0 Å². The van der Waals surface area contributed by atoms with Gasteiger partial charge >= 0.3 is 0 Å². The molecule has 2 fully saturated rings. The van der Waals surface area contributed by atoms with Crippen LogP contribution in [0.5, 0.6) is 0 Å². The minimum Gasteiger partial charge on any atom is -0.388 e. The predicted octanol–water partition coefficient (Wildman–Crippen LogP) is -2.65. The number of aliphatic hydroxyl groups is 3. The Balaban J connectivity index is 2.28. The van der Waals surface area contributed by atoms with Crippen LogP contribution in [0, 0.1) is 0 Å². The molecule has 14 heavy (non-hydrogen) atoms. The molecular formula is C7H12N2O4S. The number of piperidine rings is 1. The largest absolute Gasteiger partial charge is 0.388 e. The van der Waals surface area contributed by atoms with Gasteiger partial charge in [0.2, 0.25) is 0 Å². The Labute approximate surface area is 85.9 Å². The summed E-state index contributed by atoms with van der Waals surface area (Å²) in [6.45, 7) is 0.206. The van der Waals surface area contributed by atoms with Crippen molar-refractivity contribution in [1.29, 1.82) is 0 Å². The summed E-state index contributed by atoms with van der Waals surface area (Å²) in [5, 5.41) is 28.7. The standard InChI is InChI=1S/C7H12N2O4S/c8-7(14)9-2-1-13-6(9)5(12)4(11)3(2)10/h2-6,10-12H,1H2,(H2,8,14)/t2-,3+,4-,5+,6+/m0/s1. The van der Waals surface area contributed by atoms with Crippen molar-refractivity contribution in [1.82, 2.24) is 4.90 Å². The molecule has 80 valence electrons. The van der Waals surface area contributed by atoms with Crippen molar-refractivity contribution < 1.29 is 20.1 Å². The summed E-state index contributed by atoms with van der Waals surface area (Å²) in [5.74, 6) is 0. The van der Waals surface area contributed by atoms with E-state index in [0.717, 1.165) is 0 Å². The van der Waals surface area contributed by atoms with Gasteiger partial charge in [-0.15, -0.1) is 0 Å². The lowest BCUT2D eigenvalue weighted by atomic mass is 9.95. The first kappa shape index (κ1) is 10.1. The van der Waals surface area contributed by atoms with Crippen LogP contribution in [0.2, 0.25) is 0 Å². The number of thiocarbonyl (C=S) groups is 1. The number of fused-ring (bicyclic) bond motifs is 2. The molecule has 2 saturated heterocycles. The topological polar surface area (TPSA) is 99.2 Å². The molecule has 0 saturated carbocycles. The SMILES string of the molecule is NC(=S)N1[C@@H]2OC[C@H]1[C@@H](O)[C@H](O)[C@H]2O. The van der Waals surface area contributed by atoms with Gasteiger partial charge in [-0.25, -0.2) is 0 Å². The Kier molecular flexibility index (Phi) is 2.36. The lowest BCUT2D eigenvalue weighted by Crippen LogP contribution is -2.64. The summed E-state index contributed by atoms with van der Waals surface area (Å²) >= 11 is 4.77. The molecule has 0 aromatic heterocycles. The molecule has 7 heteroatoms. The maximum Gasteiger partial charge on any atom is 0.168 e. The fourth-order valence-electron chi connectivity index (χ4n) is 1.96. The third-order valence-electron chi connectivity index (χ3n) is 2.71. The summed E-state index contributed by atoms with van der Waals surface area (Å²) in [7, 11) is 0. The molecule has 0 aromatic rings. The van der Waals surface area contributed by atoms with Gasteiger partial charge in [0.05, 0.1) is 12.6 Å². The highest BCUT2D eigenvalue weighted by Crippen LogP contribution is 2.30. The molecule has 0 unspecified atom stereocenters. The van der Waals surface area contributed by atoms with E-state index in [2.05, 4.69) is 0 Å². The van der Waals surface area contributed by atoms with Gasteiger partial charge < -0.3 is 30.7 Å². The summed E-state index contributed by atoms with van der Waals surface area (Å²) in [6, 6.07) is -0.462. The fourth-order valence-corrected chi connectivity index (χ4v) is 2.20. The Morgan fingerprint density at radius 2 is 1.93 bits per heavy atom. The molecule has 2 heterocycles. The van der Waals surface area contributed by atoms with Crippen molar-refractivity contribution in [2.24, 2.45) is 5.73 Å². The van der Waals surface area contributed by atoms with Crippen LogP contribution in [0.1, 0.15) is 0 Å². The van der Waals surface area contributed by atoms with Crippen LogP contribution in [-0.2, 0) is 4.74 Å². The summed E-state index contributed by atoms with van der Waals surface area (Å²) in [5.41, 5.74) is 5.43. The van der Waals surface area contributed by atoms with E-state index in [9.17, 15) is 15.3 Å². The Hall–Kier alpha value is -0.470. The highest BCUT2D eigenvalue weighted by atomic mass is 32.1. The zero-order valence-electron chi connectivity index (χ0n) is 7.28. The minimum atomic E-state index is -1.21. The van der Waals surface area contributed by atoms with Gasteiger partial charge in [0.25, 0.3) is 0 Å². The van der Waals surface area contributed by atoms with Gasteiger partial charge in [-0.1, -0.05) is 0 Å². The minimum absolute atomic E-state index is 0.0579. The van der Waals surface area contributed by atoms with Crippen LogP contribution in [-0.4, -0.2) is 62.5 Å². The second-order valence-corrected chi connectivity index (χ2v) is 3.93. The number of rotatable bonds is 0. The maximum absolute atomic E-state index is 9.61. The van der Waals surface area contributed by atoms with Crippen LogP contribution in [0.4, 0.5) is 0 Å². The summed E-state index contributed by atoms with van der Waals surface area (Å²) in [4.78, 5) is 1.43. The first-order valence-electron chi connectivity index (χ1n) is 4.27. The van der Waals surface area contributed by atoms with E-state index in [0.29, 0.717) is 0 Å². The number of hydrogen-bond donors (Lipinski definition) is 4. The lowest BCUT2D eigenvalue weighted by Gasteiger charge is -2.41. The quantitative estimate of drug-likeness (QED) is 0.331. The number of nitrogens with zero attached hydrogens (tertiary/aromatic N) is 1. The second kappa shape index (κ2) is 3.28. The highest BCUT2D eigenvalue weighted by molar-refractivity contribution is 7.80. The molecule has 0 aromatic carbocycles. The van der Waals surface area contributed by atoms with Gasteiger partial charge in [-0.2, -0.15) is 0 Å². The van der Waals surface area contributed by atoms with Gasteiger partial charge in [0, 0.05) is 0 Å². The molecule has 2 aliphatic rings. The van der Waals surface area contributed by atoms with E-state index in [1.54, 1.807) is 0 Å². The van der Waals surface area contributed by atoms with Crippen molar-refractivity contribution in [2.75, 3.05) is 6.61 Å². The molecule has 5 N–H and O–H groups in total. The normalized spacial score (nSPS) is 46.8. The Bertz CT molecular complexity index is 246. The smallest absolute Gasteiger partial charge is 0.168 e. The monoisotopic (exact) mass is 220 g/mol. The molecular weight excluding hydrogens is 208 g/mol. The third kappa shape index (κ3) is 1.21. The van der Waals surface area contributed by atoms with E-state index in [-0.39, 0.29) is 11.7 Å². The molecule has 6 nitrogen and oxygen atoms in total. The van der Waals surface area contributed by atoms with Crippen molar-refractivity contribution >= 4 is 17.3 Å². The van der Waals surface area contributed by atoms with Crippen LogP contribution >= 0.6 is 12.2 Å². The lowest BCUT2D eigenvalue weighted by molar-refractivity contribution is -0.154. The van der Waals surface area contributed by atoms with E-state index in [1.165, 1.54) is 4.90 Å². The van der Waals surface area contributed by atoms with E-state index in [4.69, 9.17) is 22.7 Å². The average Bonchev–Trinajstić information content (AvgIpc) is 2.53. The third-order valence-corrected chi connectivity index (χ3v) is 2.92. The Morgan fingerprint density at radius 1 is 1.29 bits per heavy atom. The van der Waals surface area contributed by atoms with Crippen molar-refractivity contribution in [3.8, 4) is 0 Å². The molecule has 0 radical (unpaired) electrons. The molecule has 2 bridgehead atoms. The van der Waals surface area contributed by atoms with Gasteiger partial charge in [-0.05, 0) is 12.2 Å². The average molecular weight is 220 g/mol. The van der Waals surface area contributed by atoms with E-state index >= 15 is 0 Å². The summed E-state index contributed by atoms with van der Waals surface area (Å²) in [6.07, 6.45) is -4.23. The second-order valence-electron chi connectivity index (χ2n) is 3.51. The van der Waals surface area contributed by atoms with Crippen LogP contribution < -0.4 is 5.73 Å². The first-order valence-corrected chi connectivity index (χ1v) is 4.68. The van der Waals surface area contributed by atoms with E-state index in [1.807, 2.05) is 0 Å². The fraction of sp³-hybridized carbons (Fsp3) is 0.857. The van der Waals surface area contributed by atoms with Crippen molar-refractivity contribution in [3.63, 3.8) is 0 Å². The molecule has 5 atom stereocenters. The molecule has 0 amide bonds. The summed E-state index contributed by atoms with van der Waals surface area (Å²) < 4.78 is 5.19. The Morgan fingerprint density at radius 3 is 2.50 bits per heavy atom. The van der Waals surface area contributed by atoms with Crippen LogP contribution in [0.3, 0.4) is 0 Å². The van der Waals surface area contributed by atoms with Crippen LogP contribution in [0.15, 0.2) is 0 Å². The molecule has 2 rings (SSSR count). The van der Waals surface area contributed by atoms with Crippen molar-refractivity contribution in [2.45, 2.75) is 30.6 Å². The predicted molar refractivity (Wildman–Crippen MR) is 50.2 cm³/mol. The van der Waals surface area contributed by atoms with Crippen LogP contribution in [0.25, 0.3) is 0 Å². The zero-order chi connectivity index (χ0) is 10.5. The van der Waals surface area contributed by atoms with Gasteiger partial charge in [0.1, 0.15) is 18.3 Å². The number of nitrogens with two attached hydrogens (primary N) is 1. The van der Waals surface area contributed by atoms with E-state index < -0.39 is 30.6 Å². The maximum atomic E-state index is 9.61. The molecule has 2 aliphatic heterocycles. The number of aliphatic hydroxyl groups excluding tert-OH is 3. The van der Waals surface area contributed by atoms with Gasteiger partial charge in [-0.3, -0.25) is 0 Å². The van der Waals surface area contributed by atoms with Gasteiger partial charge in [0.15, 0.2) is 11.3 Å². The molecule has 0 aliphatic carbocycles. The zero-order valence-corrected chi connectivity index (χ0v) is 8.09. The number of ether oxygens (including phenoxy) is 1. The molecule has 0 spiro atoms. The highest BCUT2D eigenvalue weighted by Gasteiger charge is 2.53. The number of hydrogen-bond acceptors (Lipinski definition) is 5.